The van der Waals surface area contributed by atoms with E-state index in [0.717, 1.165) is 5.56 Å². The van der Waals surface area contributed by atoms with E-state index < -0.39 is 0 Å². The largest absolute Gasteiger partial charge is 0.376 e. The summed E-state index contributed by atoms with van der Waals surface area (Å²) in [6.45, 7) is 9.16. The Morgan fingerprint density at radius 1 is 1.26 bits per heavy atom. The van der Waals surface area contributed by atoms with Crippen LogP contribution >= 0.6 is 23.2 Å². The van der Waals surface area contributed by atoms with Crippen molar-refractivity contribution in [2.24, 2.45) is 5.41 Å². The van der Waals surface area contributed by atoms with E-state index in [4.69, 9.17) is 27.9 Å². The topological polar surface area (TPSA) is 21.3 Å². The minimum atomic E-state index is -0.00463. The van der Waals surface area contributed by atoms with Crippen LogP contribution in [0, 0.1) is 5.41 Å². The molecule has 0 heterocycles. The van der Waals surface area contributed by atoms with Gasteiger partial charge in [-0.2, -0.15) is 0 Å². The molecule has 108 valence electrons. The number of benzene rings is 1. The highest BCUT2D eigenvalue weighted by atomic mass is 35.5. The molecule has 1 aromatic rings. The van der Waals surface area contributed by atoms with Gasteiger partial charge < -0.3 is 10.1 Å². The van der Waals surface area contributed by atoms with Crippen molar-refractivity contribution in [1.82, 2.24) is 5.32 Å². The maximum Gasteiger partial charge on any atom is 0.0818 e. The van der Waals surface area contributed by atoms with Gasteiger partial charge in [0.1, 0.15) is 0 Å². The molecule has 2 unspecified atom stereocenters. The van der Waals surface area contributed by atoms with Crippen LogP contribution in [0.15, 0.2) is 18.2 Å². The minimum absolute atomic E-state index is 0.00463. The minimum Gasteiger partial charge on any atom is -0.376 e. The molecule has 2 nitrogen and oxygen atoms in total. The molecule has 1 aromatic carbocycles. The normalized spacial score (nSPS) is 15.3. The zero-order valence-corrected chi connectivity index (χ0v) is 13.8. The Morgan fingerprint density at radius 3 is 2.37 bits per heavy atom. The standard InChI is InChI=1S/C15H23Cl2NO/c1-6-19-14(15(2,3)4)13(18-5)10-8-7-9-11(16)12(10)17/h7-9,13-14,18H,6H2,1-5H3. The summed E-state index contributed by atoms with van der Waals surface area (Å²) in [5.41, 5.74) is 0.972. The molecule has 0 amide bonds. The van der Waals surface area contributed by atoms with Gasteiger partial charge in [0.05, 0.1) is 22.2 Å². The first-order valence-corrected chi connectivity index (χ1v) is 7.31. The molecule has 0 aliphatic heterocycles. The molecule has 2 atom stereocenters. The second-order valence-corrected chi connectivity index (χ2v) is 6.44. The molecule has 0 radical (unpaired) electrons. The number of hydrogen-bond acceptors (Lipinski definition) is 2. The summed E-state index contributed by atoms with van der Waals surface area (Å²) in [6.07, 6.45) is 0.0125. The summed E-state index contributed by atoms with van der Waals surface area (Å²) < 4.78 is 5.94. The average Bonchev–Trinajstić information content (AvgIpc) is 2.33. The van der Waals surface area contributed by atoms with Crippen molar-refractivity contribution < 1.29 is 4.74 Å². The van der Waals surface area contributed by atoms with Gasteiger partial charge in [0.2, 0.25) is 0 Å². The lowest BCUT2D eigenvalue weighted by Crippen LogP contribution is -2.41. The lowest BCUT2D eigenvalue weighted by atomic mass is 9.82. The molecule has 0 bridgehead atoms. The van der Waals surface area contributed by atoms with Crippen molar-refractivity contribution >= 4 is 23.2 Å². The Morgan fingerprint density at radius 2 is 1.89 bits per heavy atom. The highest BCUT2D eigenvalue weighted by Gasteiger charge is 2.34. The monoisotopic (exact) mass is 303 g/mol. The number of likely N-dealkylation sites (N-methyl/N-ethyl adjacent to an activating group) is 1. The first-order valence-electron chi connectivity index (χ1n) is 6.55. The van der Waals surface area contributed by atoms with Crippen molar-refractivity contribution in [3.8, 4) is 0 Å². The van der Waals surface area contributed by atoms with E-state index in [0.29, 0.717) is 16.7 Å². The molecule has 1 N–H and O–H groups in total. The molecule has 0 fully saturated rings. The predicted molar refractivity (Wildman–Crippen MR) is 83.1 cm³/mol. The summed E-state index contributed by atoms with van der Waals surface area (Å²) in [7, 11) is 1.92. The Hall–Kier alpha value is -0.280. The number of rotatable bonds is 5. The van der Waals surface area contributed by atoms with Gasteiger partial charge in [-0.15, -0.1) is 0 Å². The third-order valence-corrected chi connectivity index (χ3v) is 3.96. The number of ether oxygens (including phenoxy) is 1. The van der Waals surface area contributed by atoms with Crippen molar-refractivity contribution in [1.29, 1.82) is 0 Å². The first-order chi connectivity index (χ1) is 8.82. The lowest BCUT2D eigenvalue weighted by molar-refractivity contribution is -0.0350. The fourth-order valence-corrected chi connectivity index (χ4v) is 2.68. The van der Waals surface area contributed by atoms with Gasteiger partial charge >= 0.3 is 0 Å². The van der Waals surface area contributed by atoms with Gasteiger partial charge in [-0.1, -0.05) is 56.1 Å². The smallest absolute Gasteiger partial charge is 0.0818 e. The molecular weight excluding hydrogens is 281 g/mol. The summed E-state index contributed by atoms with van der Waals surface area (Å²) in [5, 5.41) is 4.48. The first kappa shape index (κ1) is 16.8. The van der Waals surface area contributed by atoms with Gasteiger partial charge in [0, 0.05) is 6.61 Å². The van der Waals surface area contributed by atoms with Crippen molar-refractivity contribution in [3.63, 3.8) is 0 Å². The number of hydrogen-bond donors (Lipinski definition) is 1. The zero-order chi connectivity index (χ0) is 14.6. The number of nitrogens with one attached hydrogen (secondary N) is 1. The van der Waals surface area contributed by atoms with Gasteiger partial charge in [0.15, 0.2) is 0 Å². The Bertz CT molecular complexity index is 415. The van der Waals surface area contributed by atoms with E-state index >= 15 is 0 Å². The lowest BCUT2D eigenvalue weighted by Gasteiger charge is -2.37. The highest BCUT2D eigenvalue weighted by molar-refractivity contribution is 6.42. The summed E-state index contributed by atoms with van der Waals surface area (Å²) in [5.74, 6) is 0. The number of halogens is 2. The molecule has 0 aliphatic rings. The third kappa shape index (κ3) is 4.09. The second kappa shape index (κ2) is 6.94. The van der Waals surface area contributed by atoms with Crippen molar-refractivity contribution in [2.75, 3.05) is 13.7 Å². The van der Waals surface area contributed by atoms with Crippen LogP contribution in [-0.2, 0) is 4.74 Å². The van der Waals surface area contributed by atoms with Crippen LogP contribution in [0.4, 0.5) is 0 Å². The Labute approximate surface area is 126 Å². The van der Waals surface area contributed by atoms with Crippen LogP contribution in [-0.4, -0.2) is 19.8 Å². The molecule has 0 saturated heterocycles. The third-order valence-electron chi connectivity index (χ3n) is 3.13. The Balaban J connectivity index is 3.20. The maximum absolute atomic E-state index is 6.33. The molecule has 0 aromatic heterocycles. The fraction of sp³-hybridized carbons (Fsp3) is 0.600. The molecule has 0 spiro atoms. The molecule has 0 aliphatic carbocycles. The zero-order valence-electron chi connectivity index (χ0n) is 12.3. The van der Waals surface area contributed by atoms with Crippen LogP contribution in [0.5, 0.6) is 0 Å². The molecule has 0 saturated carbocycles. The quantitative estimate of drug-likeness (QED) is 0.851. The molecular formula is C15H23Cl2NO. The average molecular weight is 304 g/mol. The van der Waals surface area contributed by atoms with Crippen LogP contribution in [0.25, 0.3) is 0 Å². The van der Waals surface area contributed by atoms with E-state index in [1.165, 1.54) is 0 Å². The fourth-order valence-electron chi connectivity index (χ4n) is 2.26. The van der Waals surface area contributed by atoms with Crippen LogP contribution in [0.2, 0.25) is 10.0 Å². The van der Waals surface area contributed by atoms with Gasteiger partial charge in [-0.05, 0) is 31.0 Å². The van der Waals surface area contributed by atoms with Crippen molar-refractivity contribution in [3.05, 3.63) is 33.8 Å². The summed E-state index contributed by atoms with van der Waals surface area (Å²) in [6, 6.07) is 5.71. The van der Waals surface area contributed by atoms with E-state index in [2.05, 4.69) is 26.1 Å². The van der Waals surface area contributed by atoms with E-state index in [-0.39, 0.29) is 17.6 Å². The predicted octanol–water partition coefficient (Wildman–Crippen LogP) is 4.71. The molecule has 4 heteroatoms. The maximum atomic E-state index is 6.33. The van der Waals surface area contributed by atoms with Crippen LogP contribution in [0.3, 0.4) is 0 Å². The van der Waals surface area contributed by atoms with Crippen molar-refractivity contribution in [2.45, 2.75) is 39.8 Å². The molecule has 19 heavy (non-hydrogen) atoms. The van der Waals surface area contributed by atoms with E-state index in [1.54, 1.807) is 6.07 Å². The van der Waals surface area contributed by atoms with E-state index in [1.807, 2.05) is 26.1 Å². The Kier molecular flexibility index (Phi) is 6.13. The SMILES string of the molecule is CCOC(C(NC)c1cccc(Cl)c1Cl)C(C)(C)C. The molecule has 1 rings (SSSR count). The van der Waals surface area contributed by atoms with E-state index in [9.17, 15) is 0 Å². The van der Waals surface area contributed by atoms with Gasteiger partial charge in [-0.25, -0.2) is 0 Å². The summed E-state index contributed by atoms with van der Waals surface area (Å²) in [4.78, 5) is 0. The van der Waals surface area contributed by atoms with Gasteiger partial charge in [-0.3, -0.25) is 0 Å². The van der Waals surface area contributed by atoms with Gasteiger partial charge in [0.25, 0.3) is 0 Å². The second-order valence-electron chi connectivity index (χ2n) is 5.65. The van der Waals surface area contributed by atoms with Crippen LogP contribution < -0.4 is 5.32 Å². The highest BCUT2D eigenvalue weighted by Crippen LogP contribution is 2.37. The van der Waals surface area contributed by atoms with Crippen LogP contribution in [0.1, 0.15) is 39.3 Å². The summed E-state index contributed by atoms with van der Waals surface area (Å²) >= 11 is 12.4.